The number of amides is 1. The van der Waals surface area contributed by atoms with E-state index in [-0.39, 0.29) is 5.91 Å². The quantitative estimate of drug-likeness (QED) is 0.703. The summed E-state index contributed by atoms with van der Waals surface area (Å²) in [5.74, 6) is 0.187. The summed E-state index contributed by atoms with van der Waals surface area (Å²) >= 11 is 6.01. The summed E-state index contributed by atoms with van der Waals surface area (Å²) in [6.07, 6.45) is 5.37. The van der Waals surface area contributed by atoms with E-state index < -0.39 is 5.60 Å². The number of halogens is 1. The highest BCUT2D eigenvalue weighted by Gasteiger charge is 2.43. The minimum Gasteiger partial charge on any atom is -0.384 e. The third kappa shape index (κ3) is 4.15. The van der Waals surface area contributed by atoms with Gasteiger partial charge >= 0.3 is 0 Å². The molecule has 5 nitrogen and oxygen atoms in total. The van der Waals surface area contributed by atoms with Gasteiger partial charge < -0.3 is 10.4 Å². The zero-order valence-electron chi connectivity index (χ0n) is 14.5. The molecule has 1 aliphatic carbocycles. The van der Waals surface area contributed by atoms with E-state index in [0.29, 0.717) is 22.1 Å². The minimum absolute atomic E-state index is 0.285. The van der Waals surface area contributed by atoms with Crippen molar-refractivity contribution in [3.8, 4) is 0 Å². The number of anilines is 1. The second-order valence-electron chi connectivity index (χ2n) is 6.78. The van der Waals surface area contributed by atoms with Crippen molar-refractivity contribution in [2.75, 3.05) is 5.32 Å². The maximum Gasteiger partial charge on any atom is 0.258 e. The highest BCUT2D eigenvalue weighted by Crippen LogP contribution is 2.44. The van der Waals surface area contributed by atoms with Gasteiger partial charge in [-0.2, -0.15) is 0 Å². The topological polar surface area (TPSA) is 75.1 Å². The normalized spacial score (nSPS) is 14.6. The number of pyridine rings is 2. The Balaban J connectivity index is 1.39. The molecular formula is C21H18ClN3O2. The fraction of sp³-hybridized carbons (Fsp3) is 0.190. The van der Waals surface area contributed by atoms with Crippen molar-refractivity contribution < 1.29 is 9.90 Å². The van der Waals surface area contributed by atoms with Crippen LogP contribution in [0, 0.1) is 0 Å². The van der Waals surface area contributed by atoms with E-state index in [9.17, 15) is 9.90 Å². The van der Waals surface area contributed by atoms with Gasteiger partial charge in [-0.25, -0.2) is 4.98 Å². The molecule has 27 heavy (non-hydrogen) atoms. The van der Waals surface area contributed by atoms with Crippen molar-refractivity contribution in [3.05, 3.63) is 88.3 Å². The van der Waals surface area contributed by atoms with E-state index in [4.69, 9.17) is 11.6 Å². The van der Waals surface area contributed by atoms with E-state index >= 15 is 0 Å². The number of aromatic nitrogens is 2. The number of nitrogens with one attached hydrogen (secondary N) is 1. The summed E-state index contributed by atoms with van der Waals surface area (Å²) in [6, 6.07) is 14.8. The van der Waals surface area contributed by atoms with Crippen molar-refractivity contribution in [3.63, 3.8) is 0 Å². The van der Waals surface area contributed by atoms with Crippen molar-refractivity contribution in [1.29, 1.82) is 0 Å². The van der Waals surface area contributed by atoms with Crippen LogP contribution in [0.2, 0.25) is 5.02 Å². The largest absolute Gasteiger partial charge is 0.384 e. The van der Waals surface area contributed by atoms with Crippen LogP contribution in [-0.4, -0.2) is 21.0 Å². The van der Waals surface area contributed by atoms with Crippen LogP contribution in [0.4, 0.5) is 5.82 Å². The second kappa shape index (κ2) is 7.10. The summed E-state index contributed by atoms with van der Waals surface area (Å²) in [5.41, 5.74) is 2.37. The fourth-order valence-electron chi connectivity index (χ4n) is 2.85. The SMILES string of the molecule is O=C(Nc1ccc(Cc2cccc(Cl)c2)cn1)c1ccc(C2(O)CC2)nc1. The van der Waals surface area contributed by atoms with Crippen molar-refractivity contribution in [1.82, 2.24) is 9.97 Å². The first-order valence-electron chi connectivity index (χ1n) is 8.71. The average molecular weight is 380 g/mol. The Morgan fingerprint density at radius 1 is 1.07 bits per heavy atom. The third-order valence-electron chi connectivity index (χ3n) is 4.59. The molecule has 0 saturated heterocycles. The summed E-state index contributed by atoms with van der Waals surface area (Å²) in [5, 5.41) is 13.5. The van der Waals surface area contributed by atoms with Gasteiger partial charge in [0.15, 0.2) is 0 Å². The number of nitrogens with zero attached hydrogens (tertiary/aromatic N) is 2. The van der Waals surface area contributed by atoms with Crippen LogP contribution in [-0.2, 0) is 12.0 Å². The molecule has 3 aromatic rings. The Kier molecular flexibility index (Phi) is 4.64. The highest BCUT2D eigenvalue weighted by molar-refractivity contribution is 6.30. The lowest BCUT2D eigenvalue weighted by Crippen LogP contribution is -2.14. The molecule has 0 aliphatic heterocycles. The third-order valence-corrected chi connectivity index (χ3v) is 4.82. The number of carbonyl (C=O) groups is 1. The molecule has 0 bridgehead atoms. The maximum atomic E-state index is 12.3. The first-order chi connectivity index (χ1) is 13.0. The number of benzene rings is 1. The van der Waals surface area contributed by atoms with E-state index in [1.54, 1.807) is 24.4 Å². The molecular weight excluding hydrogens is 362 g/mol. The Morgan fingerprint density at radius 3 is 2.56 bits per heavy atom. The minimum atomic E-state index is -0.796. The molecule has 1 saturated carbocycles. The maximum absolute atomic E-state index is 12.3. The molecule has 0 atom stereocenters. The van der Waals surface area contributed by atoms with Crippen LogP contribution in [0.3, 0.4) is 0 Å². The summed E-state index contributed by atoms with van der Waals surface area (Å²) in [4.78, 5) is 20.8. The van der Waals surface area contributed by atoms with E-state index in [2.05, 4.69) is 15.3 Å². The number of rotatable bonds is 5. The predicted octanol–water partition coefficient (Wildman–Crippen LogP) is 3.95. The average Bonchev–Trinajstić information content (AvgIpc) is 3.42. The standard InChI is InChI=1S/C21H18ClN3O2/c22-17-3-1-2-14(11-17)10-15-4-7-19(24-12-15)25-20(26)16-5-6-18(23-13-16)21(27)8-9-21/h1-7,11-13,27H,8-10H2,(H,24,25,26). The number of hydrogen-bond donors (Lipinski definition) is 2. The Bertz CT molecular complexity index is 967. The van der Waals surface area contributed by atoms with Crippen molar-refractivity contribution >= 4 is 23.3 Å². The van der Waals surface area contributed by atoms with Crippen LogP contribution < -0.4 is 5.32 Å². The molecule has 4 rings (SSSR count). The molecule has 2 N–H and O–H groups in total. The van der Waals surface area contributed by atoms with E-state index in [1.807, 2.05) is 30.3 Å². The van der Waals surface area contributed by atoms with Crippen molar-refractivity contribution in [2.24, 2.45) is 0 Å². The van der Waals surface area contributed by atoms with Crippen LogP contribution in [0.15, 0.2) is 60.9 Å². The molecule has 6 heteroatoms. The molecule has 136 valence electrons. The molecule has 0 spiro atoms. The monoisotopic (exact) mass is 379 g/mol. The number of carbonyl (C=O) groups excluding carboxylic acids is 1. The summed E-state index contributed by atoms with van der Waals surface area (Å²) in [6.45, 7) is 0. The van der Waals surface area contributed by atoms with E-state index in [0.717, 1.165) is 30.4 Å². The lowest BCUT2D eigenvalue weighted by molar-refractivity contribution is 0.102. The van der Waals surface area contributed by atoms with Gasteiger partial charge in [-0.3, -0.25) is 9.78 Å². The van der Waals surface area contributed by atoms with Crippen LogP contribution in [0.1, 0.15) is 40.0 Å². The molecule has 1 fully saturated rings. The Hall–Kier alpha value is -2.76. The molecule has 1 amide bonds. The lowest BCUT2D eigenvalue weighted by Gasteiger charge is -2.09. The Morgan fingerprint density at radius 2 is 1.93 bits per heavy atom. The van der Waals surface area contributed by atoms with Crippen LogP contribution in [0.5, 0.6) is 0 Å². The van der Waals surface area contributed by atoms with Gasteiger partial charge in [0.05, 0.1) is 11.3 Å². The molecule has 2 aromatic heterocycles. The second-order valence-corrected chi connectivity index (χ2v) is 7.21. The van der Waals surface area contributed by atoms with Gasteiger partial charge in [0.1, 0.15) is 11.4 Å². The fourth-order valence-corrected chi connectivity index (χ4v) is 3.07. The molecule has 0 radical (unpaired) electrons. The van der Waals surface area contributed by atoms with Gasteiger partial charge in [0, 0.05) is 17.4 Å². The van der Waals surface area contributed by atoms with Gasteiger partial charge in [-0.1, -0.05) is 29.8 Å². The first-order valence-corrected chi connectivity index (χ1v) is 9.09. The number of aliphatic hydroxyl groups is 1. The Labute approximate surface area is 162 Å². The summed E-state index contributed by atoms with van der Waals surface area (Å²) in [7, 11) is 0. The van der Waals surface area contributed by atoms with Crippen LogP contribution in [0.25, 0.3) is 0 Å². The molecule has 1 aliphatic rings. The van der Waals surface area contributed by atoms with Crippen LogP contribution >= 0.6 is 11.6 Å². The summed E-state index contributed by atoms with van der Waals surface area (Å²) < 4.78 is 0. The van der Waals surface area contributed by atoms with Crippen molar-refractivity contribution in [2.45, 2.75) is 24.9 Å². The molecule has 0 unspecified atom stereocenters. The number of hydrogen-bond acceptors (Lipinski definition) is 4. The van der Waals surface area contributed by atoms with E-state index in [1.165, 1.54) is 6.20 Å². The van der Waals surface area contributed by atoms with Gasteiger partial charge in [-0.05, 0) is 60.7 Å². The zero-order valence-corrected chi connectivity index (χ0v) is 15.3. The highest BCUT2D eigenvalue weighted by atomic mass is 35.5. The zero-order chi connectivity index (χ0) is 18.9. The van der Waals surface area contributed by atoms with Gasteiger partial charge in [0.25, 0.3) is 5.91 Å². The lowest BCUT2D eigenvalue weighted by atomic mass is 10.1. The molecule has 2 heterocycles. The predicted molar refractivity (Wildman–Crippen MR) is 104 cm³/mol. The van der Waals surface area contributed by atoms with Gasteiger partial charge in [0.2, 0.25) is 0 Å². The first kappa shape index (κ1) is 17.6. The molecule has 1 aromatic carbocycles. The smallest absolute Gasteiger partial charge is 0.258 e. The van der Waals surface area contributed by atoms with Gasteiger partial charge in [-0.15, -0.1) is 0 Å².